The van der Waals surface area contributed by atoms with Crippen molar-refractivity contribution in [2.75, 3.05) is 0 Å². The standard InChI is InChI=1S/C20H23NO/c1-3-10-20(21-15-18-11-6-4-7-12-18)17(2)22-16-19-13-8-5-9-14-19/h3-9,11-14,20-21H,1-2,10,15-16H2. The summed E-state index contributed by atoms with van der Waals surface area (Å²) in [6.45, 7) is 9.21. The molecule has 0 aromatic heterocycles. The van der Waals surface area contributed by atoms with Gasteiger partial charge in [-0.15, -0.1) is 6.58 Å². The van der Waals surface area contributed by atoms with Crippen LogP contribution in [0.5, 0.6) is 0 Å². The van der Waals surface area contributed by atoms with E-state index in [1.165, 1.54) is 5.56 Å². The first-order chi connectivity index (χ1) is 10.8. The summed E-state index contributed by atoms with van der Waals surface area (Å²) in [5, 5.41) is 3.48. The van der Waals surface area contributed by atoms with Gasteiger partial charge in [-0.1, -0.05) is 73.3 Å². The van der Waals surface area contributed by atoms with Crippen molar-refractivity contribution in [1.82, 2.24) is 5.32 Å². The van der Waals surface area contributed by atoms with Gasteiger partial charge in [0.15, 0.2) is 0 Å². The fraction of sp³-hybridized carbons (Fsp3) is 0.200. The lowest BCUT2D eigenvalue weighted by molar-refractivity contribution is 0.173. The number of hydrogen-bond acceptors (Lipinski definition) is 2. The van der Waals surface area contributed by atoms with E-state index in [9.17, 15) is 0 Å². The van der Waals surface area contributed by atoms with Crippen LogP contribution in [0.2, 0.25) is 0 Å². The average Bonchev–Trinajstić information content (AvgIpc) is 2.58. The van der Waals surface area contributed by atoms with Gasteiger partial charge in [0, 0.05) is 6.54 Å². The highest BCUT2D eigenvalue weighted by Crippen LogP contribution is 2.12. The predicted molar refractivity (Wildman–Crippen MR) is 92.3 cm³/mol. The van der Waals surface area contributed by atoms with Crippen molar-refractivity contribution in [3.05, 3.63) is 96.8 Å². The number of nitrogens with one attached hydrogen (secondary N) is 1. The smallest absolute Gasteiger partial charge is 0.113 e. The van der Waals surface area contributed by atoms with Crippen LogP contribution in [0.4, 0.5) is 0 Å². The van der Waals surface area contributed by atoms with Crippen LogP contribution in [-0.4, -0.2) is 6.04 Å². The molecule has 0 saturated carbocycles. The van der Waals surface area contributed by atoms with Gasteiger partial charge in [0.05, 0.1) is 6.04 Å². The molecule has 0 bridgehead atoms. The van der Waals surface area contributed by atoms with Crippen molar-refractivity contribution < 1.29 is 4.74 Å². The number of rotatable bonds is 9. The minimum absolute atomic E-state index is 0.0708. The zero-order valence-corrected chi connectivity index (χ0v) is 12.9. The second-order valence-corrected chi connectivity index (χ2v) is 5.18. The van der Waals surface area contributed by atoms with Gasteiger partial charge in [-0.25, -0.2) is 0 Å². The number of hydrogen-bond donors (Lipinski definition) is 1. The minimum atomic E-state index is 0.0708. The van der Waals surface area contributed by atoms with Gasteiger partial charge >= 0.3 is 0 Å². The van der Waals surface area contributed by atoms with Gasteiger partial charge in [0.25, 0.3) is 0 Å². The van der Waals surface area contributed by atoms with Crippen LogP contribution in [0.15, 0.2) is 85.7 Å². The average molecular weight is 293 g/mol. The largest absolute Gasteiger partial charge is 0.492 e. The SMILES string of the molecule is C=CCC(NCc1ccccc1)C(=C)OCc1ccccc1. The van der Waals surface area contributed by atoms with E-state index in [0.717, 1.165) is 24.3 Å². The van der Waals surface area contributed by atoms with E-state index in [1.807, 2.05) is 54.6 Å². The van der Waals surface area contributed by atoms with E-state index in [4.69, 9.17) is 4.74 Å². The molecular formula is C20H23NO. The van der Waals surface area contributed by atoms with Crippen molar-refractivity contribution >= 4 is 0 Å². The second kappa shape index (κ2) is 8.85. The molecule has 114 valence electrons. The van der Waals surface area contributed by atoms with Crippen LogP contribution in [-0.2, 0) is 17.9 Å². The van der Waals surface area contributed by atoms with Crippen molar-refractivity contribution in [3.63, 3.8) is 0 Å². The van der Waals surface area contributed by atoms with Crippen molar-refractivity contribution in [2.45, 2.75) is 25.6 Å². The molecule has 2 nitrogen and oxygen atoms in total. The zero-order chi connectivity index (χ0) is 15.6. The maximum atomic E-state index is 5.83. The van der Waals surface area contributed by atoms with Crippen molar-refractivity contribution in [3.8, 4) is 0 Å². The normalized spacial score (nSPS) is 11.6. The Hall–Kier alpha value is -2.32. The van der Waals surface area contributed by atoms with E-state index in [1.54, 1.807) is 0 Å². The fourth-order valence-corrected chi connectivity index (χ4v) is 2.18. The summed E-state index contributed by atoms with van der Waals surface area (Å²) < 4.78 is 5.83. The molecule has 0 heterocycles. The maximum Gasteiger partial charge on any atom is 0.113 e. The molecule has 2 aromatic rings. The Morgan fingerprint density at radius 2 is 1.59 bits per heavy atom. The Morgan fingerprint density at radius 3 is 2.18 bits per heavy atom. The van der Waals surface area contributed by atoms with Crippen LogP contribution in [0, 0.1) is 0 Å². The van der Waals surface area contributed by atoms with Gasteiger partial charge in [-0.05, 0) is 17.5 Å². The topological polar surface area (TPSA) is 21.3 Å². The molecule has 1 N–H and O–H groups in total. The molecule has 2 rings (SSSR count). The summed E-state index contributed by atoms with van der Waals surface area (Å²) in [6.07, 6.45) is 2.68. The van der Waals surface area contributed by atoms with Crippen LogP contribution >= 0.6 is 0 Å². The minimum Gasteiger partial charge on any atom is -0.492 e. The highest BCUT2D eigenvalue weighted by atomic mass is 16.5. The molecule has 0 amide bonds. The first-order valence-corrected chi connectivity index (χ1v) is 7.53. The van der Waals surface area contributed by atoms with Gasteiger partial charge in [0.2, 0.25) is 0 Å². The summed E-state index contributed by atoms with van der Waals surface area (Å²) in [4.78, 5) is 0. The Bertz CT molecular complexity index is 577. The van der Waals surface area contributed by atoms with Crippen molar-refractivity contribution in [2.24, 2.45) is 0 Å². The molecule has 0 aliphatic carbocycles. The molecule has 0 fully saturated rings. The molecule has 2 heteroatoms. The summed E-state index contributed by atoms with van der Waals surface area (Å²) in [7, 11) is 0. The fourth-order valence-electron chi connectivity index (χ4n) is 2.18. The summed E-state index contributed by atoms with van der Waals surface area (Å²) in [6, 6.07) is 20.5. The van der Waals surface area contributed by atoms with E-state index in [2.05, 4.69) is 30.6 Å². The molecule has 1 atom stereocenters. The molecule has 0 saturated heterocycles. The third kappa shape index (κ3) is 5.23. The number of benzene rings is 2. The van der Waals surface area contributed by atoms with Crippen LogP contribution in [0.1, 0.15) is 17.5 Å². The summed E-state index contributed by atoms with van der Waals surface area (Å²) in [5.41, 5.74) is 2.39. The molecule has 0 aliphatic heterocycles. The quantitative estimate of drug-likeness (QED) is 0.545. The Morgan fingerprint density at radius 1 is 1.00 bits per heavy atom. The Balaban J connectivity index is 1.86. The van der Waals surface area contributed by atoms with Gasteiger partial charge < -0.3 is 10.1 Å². The molecule has 1 unspecified atom stereocenters. The molecule has 0 radical (unpaired) electrons. The summed E-state index contributed by atoms with van der Waals surface area (Å²) in [5.74, 6) is 0.750. The lowest BCUT2D eigenvalue weighted by atomic mass is 10.1. The molecular weight excluding hydrogens is 270 g/mol. The van der Waals surface area contributed by atoms with Gasteiger partial charge in [-0.2, -0.15) is 0 Å². The zero-order valence-electron chi connectivity index (χ0n) is 12.9. The van der Waals surface area contributed by atoms with E-state index >= 15 is 0 Å². The van der Waals surface area contributed by atoms with E-state index < -0.39 is 0 Å². The third-order valence-corrected chi connectivity index (χ3v) is 3.45. The first-order valence-electron chi connectivity index (χ1n) is 7.53. The highest BCUT2D eigenvalue weighted by molar-refractivity contribution is 5.16. The van der Waals surface area contributed by atoms with Gasteiger partial charge in [-0.3, -0.25) is 0 Å². The van der Waals surface area contributed by atoms with Crippen LogP contribution in [0.25, 0.3) is 0 Å². The van der Waals surface area contributed by atoms with E-state index in [-0.39, 0.29) is 6.04 Å². The summed E-state index contributed by atoms with van der Waals surface area (Å²) >= 11 is 0. The Labute approximate surface area is 133 Å². The van der Waals surface area contributed by atoms with Gasteiger partial charge in [0.1, 0.15) is 12.4 Å². The second-order valence-electron chi connectivity index (χ2n) is 5.18. The lowest BCUT2D eigenvalue weighted by Crippen LogP contribution is -2.30. The molecule has 0 aliphatic rings. The molecule has 0 spiro atoms. The van der Waals surface area contributed by atoms with E-state index in [0.29, 0.717) is 6.61 Å². The Kier molecular flexibility index (Phi) is 6.46. The maximum absolute atomic E-state index is 5.83. The highest BCUT2D eigenvalue weighted by Gasteiger charge is 2.12. The van der Waals surface area contributed by atoms with Crippen LogP contribution in [0.3, 0.4) is 0 Å². The third-order valence-electron chi connectivity index (χ3n) is 3.45. The molecule has 2 aromatic carbocycles. The predicted octanol–water partition coefficient (Wildman–Crippen LogP) is 4.45. The molecule has 22 heavy (non-hydrogen) atoms. The first kappa shape index (κ1) is 16.1. The monoisotopic (exact) mass is 293 g/mol. The number of ether oxygens (including phenoxy) is 1. The lowest BCUT2D eigenvalue weighted by Gasteiger charge is -2.20. The van der Waals surface area contributed by atoms with Crippen LogP contribution < -0.4 is 5.32 Å². The van der Waals surface area contributed by atoms with Crippen molar-refractivity contribution in [1.29, 1.82) is 0 Å².